The molecule has 61 heavy (non-hydrogen) atoms. The minimum atomic E-state index is -5.59. The van der Waals surface area contributed by atoms with Crippen molar-refractivity contribution in [3.8, 4) is 0 Å². The van der Waals surface area contributed by atoms with Crippen LogP contribution in [0.2, 0.25) is 0 Å². The Morgan fingerprint density at radius 3 is 2.38 bits per heavy atom. The van der Waals surface area contributed by atoms with Crippen molar-refractivity contribution in [1.82, 2.24) is 30.2 Å². The second kappa shape index (κ2) is 23.4. The maximum atomic E-state index is 14.4. The molecule has 1 aliphatic rings. The molecule has 0 saturated carbocycles. The van der Waals surface area contributed by atoms with Gasteiger partial charge in [0.25, 0.3) is 0 Å². The van der Waals surface area contributed by atoms with Crippen LogP contribution in [0.15, 0.2) is 12.7 Å². The number of carbonyl (C=O) groups is 3. The highest BCUT2D eigenvalue weighted by atomic mass is 32.2. The summed E-state index contributed by atoms with van der Waals surface area (Å²) in [5.41, 5.74) is 4.23. The fourth-order valence-corrected chi connectivity index (χ4v) is 9.40. The maximum Gasteiger partial charge on any atom is 0.481 e. The Morgan fingerprint density at radius 2 is 1.70 bits per heavy atom. The first-order valence-electron chi connectivity index (χ1n) is 19.1. The number of alkyl halides is 1. The first kappa shape index (κ1) is 52.8. The first-order chi connectivity index (χ1) is 28.4. The van der Waals surface area contributed by atoms with E-state index in [2.05, 4.69) is 41.3 Å². The van der Waals surface area contributed by atoms with E-state index in [1.807, 2.05) is 0 Å². The van der Waals surface area contributed by atoms with Crippen molar-refractivity contribution < 1.29 is 84.9 Å². The zero-order valence-electron chi connectivity index (χ0n) is 33.8. The molecule has 1 fully saturated rings. The Kier molecular flexibility index (Phi) is 20.3. The van der Waals surface area contributed by atoms with Crippen LogP contribution in [-0.4, -0.2) is 129 Å². The Morgan fingerprint density at radius 1 is 1.03 bits per heavy atom. The highest BCUT2D eigenvalue weighted by Gasteiger charge is 2.50. The fourth-order valence-electron chi connectivity index (χ4n) is 5.75. The number of nitrogen functional groups attached to an aromatic ring is 1. The molecule has 3 rings (SSSR count). The van der Waals surface area contributed by atoms with Crippen molar-refractivity contribution in [2.75, 3.05) is 37.8 Å². The number of aliphatic hydroxyl groups excluding tert-OH is 2. The number of carbonyl (C=O) groups excluding carboxylic acids is 3. The molecule has 0 aliphatic carbocycles. The molecule has 0 aromatic carbocycles. The quantitative estimate of drug-likeness (QED) is 0.0457. The zero-order chi connectivity index (χ0) is 45.8. The molecule has 2 amide bonds. The number of nitrogens with two attached hydrogens (primary N) is 1. The lowest BCUT2D eigenvalue weighted by atomic mass is 9.87. The van der Waals surface area contributed by atoms with E-state index in [1.165, 1.54) is 13.8 Å². The highest BCUT2D eigenvalue weighted by molar-refractivity contribution is 8.13. The molecular weight excluding hydrogens is 898 g/mol. The number of imidazole rings is 1. The number of phosphoric acid groups is 3. The molecule has 9 atom stereocenters. The van der Waals surface area contributed by atoms with Crippen molar-refractivity contribution in [3.63, 3.8) is 0 Å². The van der Waals surface area contributed by atoms with Crippen LogP contribution in [0.4, 0.5) is 10.2 Å². The van der Waals surface area contributed by atoms with E-state index >= 15 is 0 Å². The fraction of sp³-hybridized carbons (Fsp3) is 0.750. The van der Waals surface area contributed by atoms with E-state index < -0.39 is 96.6 Å². The second-order valence-corrected chi connectivity index (χ2v) is 20.1. The molecular formula is C32H55FN7O17P3S. The van der Waals surface area contributed by atoms with E-state index in [4.69, 9.17) is 19.5 Å². The number of anilines is 1. The van der Waals surface area contributed by atoms with Gasteiger partial charge in [0.1, 0.15) is 42.4 Å². The second-order valence-electron chi connectivity index (χ2n) is 14.7. The topological polar surface area (TPSA) is 364 Å². The van der Waals surface area contributed by atoms with Crippen LogP contribution in [0.3, 0.4) is 0 Å². The molecule has 1 aliphatic heterocycles. The average Bonchev–Trinajstić information content (AvgIpc) is 3.73. The van der Waals surface area contributed by atoms with Crippen LogP contribution in [0.5, 0.6) is 0 Å². The standard InChI is InChI=1S/C32H55FN7O17P3S/c1-5-6-7-8-9-10-20(33)19(2)31(45)61-14-13-35-22(41)11-12-36-29(44)26(43)32(3,4)16-54-60(51,52)57-59(49,50)53-15-21-25(56-58(46,47)48)24(42)30(55-21)40-18-39-23-27(34)37-17-38-28(23)40/h17-21,24-26,30,42-43H,5-16H2,1-4H3,(H,35,41)(H,36,44)(H,49,50)(H,51,52)(H2,34,37,38)(H2,46,47,48)/t19-,20-,21?,24?,25?,26?,30?/m1/s1. The van der Waals surface area contributed by atoms with Crippen LogP contribution in [0, 0.1) is 11.3 Å². The molecule has 0 spiro atoms. The Bertz CT molecular complexity index is 1930. The van der Waals surface area contributed by atoms with Gasteiger partial charge in [-0.1, -0.05) is 71.6 Å². The van der Waals surface area contributed by atoms with Crippen LogP contribution in [-0.2, 0) is 50.7 Å². The van der Waals surface area contributed by atoms with E-state index in [1.54, 1.807) is 6.92 Å². The van der Waals surface area contributed by atoms with Crippen molar-refractivity contribution in [3.05, 3.63) is 12.7 Å². The van der Waals surface area contributed by atoms with Crippen LogP contribution in [0.25, 0.3) is 11.2 Å². The normalized spacial score (nSPS) is 22.0. The number of aromatic nitrogens is 4. The number of thioether (sulfide) groups is 1. The summed E-state index contributed by atoms with van der Waals surface area (Å²) < 4.78 is 76.6. The third-order valence-electron chi connectivity index (χ3n) is 9.24. The number of amides is 2. The smallest absolute Gasteiger partial charge is 0.386 e. The first-order valence-corrected chi connectivity index (χ1v) is 24.6. The lowest BCUT2D eigenvalue weighted by Gasteiger charge is -2.30. The van der Waals surface area contributed by atoms with Crippen molar-refractivity contribution in [2.24, 2.45) is 11.3 Å². The Hall–Kier alpha value is -2.51. The summed E-state index contributed by atoms with van der Waals surface area (Å²) in [4.78, 5) is 88.2. The number of fused-ring (bicyclic) bond motifs is 1. The van der Waals surface area contributed by atoms with Crippen molar-refractivity contribution in [1.29, 1.82) is 0 Å². The van der Waals surface area contributed by atoms with Crippen molar-refractivity contribution in [2.45, 2.75) is 109 Å². The molecule has 1 saturated heterocycles. The summed E-state index contributed by atoms with van der Waals surface area (Å²) in [5, 5.41) is 26.1. The van der Waals surface area contributed by atoms with Gasteiger partial charge in [-0.15, -0.1) is 0 Å². The molecule has 348 valence electrons. The lowest BCUT2D eigenvalue weighted by molar-refractivity contribution is -0.137. The minimum absolute atomic E-state index is 0.0242. The molecule has 10 N–H and O–H groups in total. The van der Waals surface area contributed by atoms with Crippen LogP contribution < -0.4 is 16.4 Å². The summed E-state index contributed by atoms with van der Waals surface area (Å²) in [5.74, 6) is -2.11. The maximum absolute atomic E-state index is 14.4. The van der Waals surface area contributed by atoms with Gasteiger partial charge in [0.05, 0.1) is 25.5 Å². The predicted octanol–water partition coefficient (Wildman–Crippen LogP) is 2.00. The molecule has 0 bridgehead atoms. The number of phosphoric ester groups is 3. The number of hydrogen-bond donors (Lipinski definition) is 9. The number of nitrogens with zero attached hydrogens (tertiary/aromatic N) is 4. The van der Waals surface area contributed by atoms with Gasteiger partial charge >= 0.3 is 23.5 Å². The van der Waals surface area contributed by atoms with E-state index in [-0.39, 0.29) is 47.4 Å². The van der Waals surface area contributed by atoms with Gasteiger partial charge in [-0.3, -0.25) is 32.5 Å². The van der Waals surface area contributed by atoms with Gasteiger partial charge in [0.15, 0.2) is 22.8 Å². The Labute approximate surface area is 354 Å². The van der Waals surface area contributed by atoms with E-state index in [9.17, 15) is 62.3 Å². The molecule has 2 aromatic heterocycles. The molecule has 2 aromatic rings. The van der Waals surface area contributed by atoms with Gasteiger partial charge in [0, 0.05) is 30.7 Å². The molecule has 0 radical (unpaired) electrons. The van der Waals surface area contributed by atoms with Gasteiger partial charge in [0.2, 0.25) is 11.8 Å². The van der Waals surface area contributed by atoms with E-state index in [0.717, 1.165) is 54.7 Å². The highest BCUT2D eigenvalue weighted by Crippen LogP contribution is 2.61. The summed E-state index contributed by atoms with van der Waals surface area (Å²) in [6.07, 6.45) is -3.13. The summed E-state index contributed by atoms with van der Waals surface area (Å²) in [7, 11) is -16.4. The molecule has 24 nitrogen and oxygen atoms in total. The van der Waals surface area contributed by atoms with Gasteiger partial charge < -0.3 is 50.9 Å². The SMILES string of the molecule is CCCCCCC[C@@H](F)[C@@H](C)C(=O)SCCNC(=O)CCNC(=O)C(O)C(C)(C)COP(=O)(O)OP(=O)(O)OCC1OC(n2cnc3c(N)ncnc32)C(O)C1OP(=O)(O)O. The van der Waals surface area contributed by atoms with E-state index in [0.29, 0.717) is 12.8 Å². The average molecular weight is 954 g/mol. The summed E-state index contributed by atoms with van der Waals surface area (Å²) >= 11 is 0.914. The number of rotatable bonds is 27. The van der Waals surface area contributed by atoms with Crippen LogP contribution >= 0.6 is 35.2 Å². The summed E-state index contributed by atoms with van der Waals surface area (Å²) in [6.45, 7) is 3.92. The third-order valence-corrected chi connectivity index (χ3v) is 13.4. The monoisotopic (exact) mass is 953 g/mol. The molecule has 3 heterocycles. The number of ether oxygens (including phenoxy) is 1. The van der Waals surface area contributed by atoms with Crippen LogP contribution in [0.1, 0.15) is 78.9 Å². The number of hydrogen-bond acceptors (Lipinski definition) is 18. The molecule has 7 unspecified atom stereocenters. The minimum Gasteiger partial charge on any atom is -0.386 e. The number of nitrogens with one attached hydrogen (secondary N) is 2. The molecule has 29 heteroatoms. The third kappa shape index (κ3) is 16.9. The van der Waals surface area contributed by atoms with Gasteiger partial charge in [-0.25, -0.2) is 33.0 Å². The van der Waals surface area contributed by atoms with Gasteiger partial charge in [-0.05, 0) is 6.42 Å². The zero-order valence-corrected chi connectivity index (χ0v) is 37.3. The summed E-state index contributed by atoms with van der Waals surface area (Å²) in [6, 6.07) is 0. The number of halogens is 1. The van der Waals surface area contributed by atoms with Crippen molar-refractivity contribution >= 4 is 69.1 Å². The Balaban J connectivity index is 1.43. The predicted molar refractivity (Wildman–Crippen MR) is 215 cm³/mol. The number of aliphatic hydroxyl groups is 2. The largest absolute Gasteiger partial charge is 0.481 e. The lowest BCUT2D eigenvalue weighted by Crippen LogP contribution is -2.46. The van der Waals surface area contributed by atoms with Gasteiger partial charge in [-0.2, -0.15) is 4.31 Å². The number of unbranched alkanes of at least 4 members (excludes halogenated alkanes) is 4.